The predicted octanol–water partition coefficient (Wildman–Crippen LogP) is 5.63. The molecule has 0 saturated heterocycles. The van der Waals surface area contributed by atoms with E-state index in [0.717, 1.165) is 16.7 Å². The molecule has 5 nitrogen and oxygen atoms in total. The highest BCUT2D eigenvalue weighted by Crippen LogP contribution is 2.36. The molecule has 0 spiro atoms. The zero-order valence-electron chi connectivity index (χ0n) is 16.0. The molecule has 2 aromatic carbocycles. The molecule has 0 bridgehead atoms. The van der Waals surface area contributed by atoms with Crippen LogP contribution in [0.3, 0.4) is 0 Å². The SMILES string of the molecule is C=CCc1cc(/C=C2\C(=O)ON=C2C)cc(OC)c1OCc1ccc(Cl)cc1Cl. The minimum absolute atomic E-state index is 0.245. The minimum atomic E-state index is -0.482. The molecule has 0 N–H and O–H groups in total. The first-order chi connectivity index (χ1) is 13.9. The molecule has 0 saturated carbocycles. The van der Waals surface area contributed by atoms with Gasteiger partial charge in [-0.15, -0.1) is 6.58 Å². The van der Waals surface area contributed by atoms with Gasteiger partial charge in [-0.1, -0.05) is 40.5 Å². The lowest BCUT2D eigenvalue weighted by Crippen LogP contribution is -2.04. The Balaban J connectivity index is 1.96. The maximum absolute atomic E-state index is 11.8. The molecule has 1 heterocycles. The van der Waals surface area contributed by atoms with Crippen LogP contribution in [0, 0.1) is 0 Å². The Kier molecular flexibility index (Phi) is 6.62. The zero-order chi connectivity index (χ0) is 21.0. The van der Waals surface area contributed by atoms with Gasteiger partial charge >= 0.3 is 5.97 Å². The Labute approximate surface area is 179 Å². The van der Waals surface area contributed by atoms with Gasteiger partial charge in [0.15, 0.2) is 11.5 Å². The third kappa shape index (κ3) is 4.81. The number of methoxy groups -OCH3 is 1. The Morgan fingerprint density at radius 3 is 2.62 bits per heavy atom. The molecular weight excluding hydrogens is 413 g/mol. The number of hydrogen-bond donors (Lipinski definition) is 0. The molecule has 7 heteroatoms. The standard InChI is InChI=1S/C22H19Cl2NO4/c1-4-5-15-8-14(9-18-13(2)25-29-22(18)26)10-20(27-3)21(15)28-12-16-6-7-17(23)11-19(16)24/h4,6-11H,1,5,12H2,2-3H3/b18-9-. The number of carbonyl (C=O) groups is 1. The largest absolute Gasteiger partial charge is 0.493 e. The molecule has 0 atom stereocenters. The summed E-state index contributed by atoms with van der Waals surface area (Å²) >= 11 is 12.2. The fourth-order valence-electron chi connectivity index (χ4n) is 2.86. The van der Waals surface area contributed by atoms with E-state index in [1.807, 2.05) is 12.1 Å². The highest BCUT2D eigenvalue weighted by molar-refractivity contribution is 6.35. The Morgan fingerprint density at radius 1 is 1.21 bits per heavy atom. The fourth-order valence-corrected chi connectivity index (χ4v) is 3.33. The van der Waals surface area contributed by atoms with Crippen molar-refractivity contribution in [2.75, 3.05) is 7.11 Å². The van der Waals surface area contributed by atoms with Gasteiger partial charge in [0, 0.05) is 21.2 Å². The highest BCUT2D eigenvalue weighted by atomic mass is 35.5. The van der Waals surface area contributed by atoms with Gasteiger partial charge < -0.3 is 14.3 Å². The second-order valence-electron chi connectivity index (χ2n) is 6.34. The van der Waals surface area contributed by atoms with Crippen molar-refractivity contribution in [1.82, 2.24) is 0 Å². The molecule has 0 unspecified atom stereocenters. The van der Waals surface area contributed by atoms with Gasteiger partial charge in [0.2, 0.25) is 0 Å². The molecule has 0 aromatic heterocycles. The minimum Gasteiger partial charge on any atom is -0.493 e. The Hall–Kier alpha value is -2.76. The topological polar surface area (TPSA) is 57.1 Å². The number of carbonyl (C=O) groups excluding carboxylic acids is 1. The van der Waals surface area contributed by atoms with Gasteiger partial charge in [0.05, 0.1) is 18.4 Å². The van der Waals surface area contributed by atoms with Crippen LogP contribution >= 0.6 is 23.2 Å². The number of nitrogens with zero attached hydrogens (tertiary/aromatic N) is 1. The monoisotopic (exact) mass is 431 g/mol. The summed E-state index contributed by atoms with van der Waals surface area (Å²) in [7, 11) is 1.56. The lowest BCUT2D eigenvalue weighted by atomic mass is 10.0. The van der Waals surface area contributed by atoms with Crippen molar-refractivity contribution < 1.29 is 19.1 Å². The molecular formula is C22H19Cl2NO4. The second-order valence-corrected chi connectivity index (χ2v) is 7.19. The third-order valence-electron chi connectivity index (χ3n) is 4.31. The van der Waals surface area contributed by atoms with Crippen molar-refractivity contribution in [2.24, 2.45) is 5.16 Å². The molecule has 0 aliphatic carbocycles. The molecule has 3 rings (SSSR count). The predicted molar refractivity (Wildman–Crippen MR) is 115 cm³/mol. The second kappa shape index (κ2) is 9.16. The van der Waals surface area contributed by atoms with Gasteiger partial charge in [-0.2, -0.15) is 0 Å². The molecule has 150 valence electrons. The van der Waals surface area contributed by atoms with Crippen LogP contribution in [0.5, 0.6) is 11.5 Å². The number of hydrogen-bond acceptors (Lipinski definition) is 5. The molecule has 1 aliphatic heterocycles. The first-order valence-corrected chi connectivity index (χ1v) is 9.55. The van der Waals surface area contributed by atoms with Crippen molar-refractivity contribution in [3.8, 4) is 11.5 Å². The smallest absolute Gasteiger partial charge is 0.367 e. The maximum Gasteiger partial charge on any atom is 0.367 e. The summed E-state index contributed by atoms with van der Waals surface area (Å²) in [5.41, 5.74) is 3.35. The average molecular weight is 432 g/mol. The van der Waals surface area contributed by atoms with E-state index in [4.69, 9.17) is 37.5 Å². The summed E-state index contributed by atoms with van der Waals surface area (Å²) < 4.78 is 11.6. The summed E-state index contributed by atoms with van der Waals surface area (Å²) in [5, 5.41) is 4.78. The van der Waals surface area contributed by atoms with Crippen LogP contribution in [0.2, 0.25) is 10.0 Å². The number of benzene rings is 2. The molecule has 1 aliphatic rings. The number of ether oxygens (including phenoxy) is 2. The van der Waals surface area contributed by atoms with E-state index >= 15 is 0 Å². The fraction of sp³-hybridized carbons (Fsp3) is 0.182. The van der Waals surface area contributed by atoms with E-state index in [0.29, 0.717) is 39.2 Å². The van der Waals surface area contributed by atoms with Gasteiger partial charge in [0.25, 0.3) is 0 Å². The van der Waals surface area contributed by atoms with Crippen LogP contribution in [0.15, 0.2) is 53.7 Å². The molecule has 0 radical (unpaired) electrons. The third-order valence-corrected chi connectivity index (χ3v) is 4.90. The number of rotatable bonds is 7. The van der Waals surface area contributed by atoms with Crippen LogP contribution in [-0.2, 0) is 22.7 Å². The van der Waals surface area contributed by atoms with Gasteiger partial charge in [0.1, 0.15) is 6.61 Å². The molecule has 0 fully saturated rings. The molecule has 29 heavy (non-hydrogen) atoms. The first kappa shape index (κ1) is 21.0. The first-order valence-electron chi connectivity index (χ1n) is 8.79. The van der Waals surface area contributed by atoms with E-state index < -0.39 is 5.97 Å². The number of allylic oxidation sites excluding steroid dienone is 1. The number of halogens is 2. The van der Waals surface area contributed by atoms with Crippen LogP contribution in [-0.4, -0.2) is 18.8 Å². The lowest BCUT2D eigenvalue weighted by molar-refractivity contribution is -0.136. The van der Waals surface area contributed by atoms with E-state index in [2.05, 4.69) is 11.7 Å². The highest BCUT2D eigenvalue weighted by Gasteiger charge is 2.22. The average Bonchev–Trinajstić information content (AvgIpc) is 3.00. The van der Waals surface area contributed by atoms with E-state index in [9.17, 15) is 4.79 Å². The molecule has 0 amide bonds. The summed E-state index contributed by atoms with van der Waals surface area (Å²) in [6.07, 6.45) is 4.03. The van der Waals surface area contributed by atoms with Gasteiger partial charge in [-0.25, -0.2) is 4.79 Å². The Bertz CT molecular complexity index is 1030. The van der Waals surface area contributed by atoms with Crippen LogP contribution in [0.4, 0.5) is 0 Å². The van der Waals surface area contributed by atoms with Crippen molar-refractivity contribution >= 4 is 41.0 Å². The zero-order valence-corrected chi connectivity index (χ0v) is 17.5. The Morgan fingerprint density at radius 2 is 2.00 bits per heavy atom. The van der Waals surface area contributed by atoms with Crippen molar-refractivity contribution in [2.45, 2.75) is 20.0 Å². The van der Waals surface area contributed by atoms with Crippen molar-refractivity contribution in [3.63, 3.8) is 0 Å². The van der Waals surface area contributed by atoms with Crippen LogP contribution in [0.25, 0.3) is 6.08 Å². The summed E-state index contributed by atoms with van der Waals surface area (Å²) in [6, 6.07) is 8.94. The van der Waals surface area contributed by atoms with E-state index in [-0.39, 0.29) is 6.61 Å². The van der Waals surface area contributed by atoms with Gasteiger partial charge in [-0.05, 0) is 49.2 Å². The number of oxime groups is 1. The van der Waals surface area contributed by atoms with Crippen LogP contribution in [0.1, 0.15) is 23.6 Å². The van der Waals surface area contributed by atoms with Crippen molar-refractivity contribution in [1.29, 1.82) is 0 Å². The van der Waals surface area contributed by atoms with E-state index in [1.165, 1.54) is 0 Å². The van der Waals surface area contributed by atoms with Crippen LogP contribution < -0.4 is 9.47 Å². The maximum atomic E-state index is 11.8. The van der Waals surface area contributed by atoms with E-state index in [1.54, 1.807) is 44.4 Å². The normalized spacial score (nSPS) is 14.6. The molecule has 2 aromatic rings. The van der Waals surface area contributed by atoms with Gasteiger partial charge in [-0.3, -0.25) is 0 Å². The summed E-state index contributed by atoms with van der Waals surface area (Å²) in [5.74, 6) is 0.631. The van der Waals surface area contributed by atoms with Crippen molar-refractivity contribution in [3.05, 3.63) is 75.3 Å². The lowest BCUT2D eigenvalue weighted by Gasteiger charge is -2.16. The quantitative estimate of drug-likeness (QED) is 0.324. The summed E-state index contributed by atoms with van der Waals surface area (Å²) in [6.45, 7) is 5.77. The summed E-state index contributed by atoms with van der Waals surface area (Å²) in [4.78, 5) is 16.5.